The molecule has 1 heterocycles. The predicted octanol–water partition coefficient (Wildman–Crippen LogP) is 3.44. The standard InChI is InChI=1S/C9H4ClF6NO3/c10-2-3-1-4(7(18)19)17-6(20-9(14,15)16)5(3)8(11,12)13/h1H,2H2,(H,18,19). The Hall–Kier alpha value is -1.71. The summed E-state index contributed by atoms with van der Waals surface area (Å²) >= 11 is 5.20. The summed E-state index contributed by atoms with van der Waals surface area (Å²) in [6.45, 7) is 0. The topological polar surface area (TPSA) is 59.4 Å². The van der Waals surface area contributed by atoms with Crippen LogP contribution >= 0.6 is 11.6 Å². The fraction of sp³-hybridized carbons (Fsp3) is 0.333. The summed E-state index contributed by atoms with van der Waals surface area (Å²) in [5, 5.41) is 8.60. The Balaban J connectivity index is 3.57. The summed E-state index contributed by atoms with van der Waals surface area (Å²) in [6, 6.07) is 0.432. The summed E-state index contributed by atoms with van der Waals surface area (Å²) in [6.07, 6.45) is -10.7. The van der Waals surface area contributed by atoms with Crippen molar-refractivity contribution < 1.29 is 41.0 Å². The lowest BCUT2D eigenvalue weighted by atomic mass is 10.1. The maximum Gasteiger partial charge on any atom is 0.574 e. The Morgan fingerprint density at radius 1 is 1.30 bits per heavy atom. The molecule has 0 aliphatic carbocycles. The molecule has 0 saturated carbocycles. The van der Waals surface area contributed by atoms with E-state index in [-0.39, 0.29) is 0 Å². The van der Waals surface area contributed by atoms with Crippen LogP contribution in [0, 0.1) is 0 Å². The number of alkyl halides is 7. The second-order valence-electron chi connectivity index (χ2n) is 3.33. The number of hydrogen-bond donors (Lipinski definition) is 1. The van der Waals surface area contributed by atoms with E-state index < -0.39 is 47.1 Å². The average molecular weight is 324 g/mol. The van der Waals surface area contributed by atoms with Crippen molar-refractivity contribution >= 4 is 17.6 Å². The molecule has 1 aromatic heterocycles. The number of ether oxygens (including phenoxy) is 1. The maximum absolute atomic E-state index is 12.7. The van der Waals surface area contributed by atoms with Gasteiger partial charge in [-0.15, -0.1) is 24.8 Å². The number of aromatic nitrogens is 1. The minimum Gasteiger partial charge on any atom is -0.477 e. The maximum atomic E-state index is 12.7. The highest BCUT2D eigenvalue weighted by atomic mass is 35.5. The molecular weight excluding hydrogens is 320 g/mol. The van der Waals surface area contributed by atoms with Crippen molar-refractivity contribution in [3.05, 3.63) is 22.9 Å². The molecule has 1 rings (SSSR count). The summed E-state index contributed by atoms with van der Waals surface area (Å²) in [4.78, 5) is 13.3. The predicted molar refractivity (Wildman–Crippen MR) is 52.4 cm³/mol. The van der Waals surface area contributed by atoms with Crippen LogP contribution in [0.25, 0.3) is 0 Å². The monoisotopic (exact) mass is 323 g/mol. The summed E-state index contributed by atoms with van der Waals surface area (Å²) < 4.78 is 77.5. The van der Waals surface area contributed by atoms with Crippen molar-refractivity contribution in [1.82, 2.24) is 4.98 Å². The Morgan fingerprint density at radius 3 is 2.20 bits per heavy atom. The highest BCUT2D eigenvalue weighted by Crippen LogP contribution is 2.40. The number of rotatable bonds is 3. The largest absolute Gasteiger partial charge is 0.574 e. The first-order valence-corrected chi connectivity index (χ1v) is 5.15. The zero-order valence-corrected chi connectivity index (χ0v) is 9.90. The van der Waals surface area contributed by atoms with Crippen LogP contribution in [0.1, 0.15) is 21.6 Å². The Bertz CT molecular complexity index is 528. The molecule has 112 valence electrons. The molecule has 0 spiro atoms. The van der Waals surface area contributed by atoms with E-state index in [2.05, 4.69) is 9.72 Å². The van der Waals surface area contributed by atoms with Gasteiger partial charge in [0, 0.05) is 5.88 Å². The van der Waals surface area contributed by atoms with E-state index >= 15 is 0 Å². The highest BCUT2D eigenvalue weighted by Gasteiger charge is 2.42. The van der Waals surface area contributed by atoms with Gasteiger partial charge in [-0.2, -0.15) is 13.2 Å². The van der Waals surface area contributed by atoms with Gasteiger partial charge in [-0.05, 0) is 11.6 Å². The summed E-state index contributed by atoms with van der Waals surface area (Å²) in [7, 11) is 0. The van der Waals surface area contributed by atoms with Crippen LogP contribution in [-0.4, -0.2) is 22.4 Å². The van der Waals surface area contributed by atoms with Crippen LogP contribution in [-0.2, 0) is 12.1 Å². The van der Waals surface area contributed by atoms with Gasteiger partial charge in [-0.25, -0.2) is 9.78 Å². The van der Waals surface area contributed by atoms with Gasteiger partial charge in [0.25, 0.3) is 0 Å². The molecule has 0 aliphatic heterocycles. The van der Waals surface area contributed by atoms with Crippen LogP contribution in [0.15, 0.2) is 6.07 Å². The van der Waals surface area contributed by atoms with Gasteiger partial charge < -0.3 is 9.84 Å². The van der Waals surface area contributed by atoms with Crippen LogP contribution in [0.2, 0.25) is 0 Å². The van der Waals surface area contributed by atoms with Crippen LogP contribution in [0.4, 0.5) is 26.3 Å². The molecule has 1 aromatic rings. The van der Waals surface area contributed by atoms with E-state index in [0.717, 1.165) is 0 Å². The number of hydrogen-bond acceptors (Lipinski definition) is 3. The zero-order chi connectivity index (χ0) is 15.7. The van der Waals surface area contributed by atoms with Crippen molar-refractivity contribution in [3.8, 4) is 5.88 Å². The van der Waals surface area contributed by atoms with Crippen LogP contribution < -0.4 is 4.74 Å². The number of halogens is 7. The quantitative estimate of drug-likeness (QED) is 0.684. The third-order valence-corrected chi connectivity index (χ3v) is 2.21. The van der Waals surface area contributed by atoms with Crippen molar-refractivity contribution in [2.24, 2.45) is 0 Å². The minimum absolute atomic E-state index is 0.432. The molecule has 0 aliphatic rings. The third kappa shape index (κ3) is 3.89. The number of carbonyl (C=O) groups is 1. The van der Waals surface area contributed by atoms with E-state index in [1.807, 2.05) is 0 Å². The van der Waals surface area contributed by atoms with Gasteiger partial charge >= 0.3 is 18.5 Å². The number of carboxylic acids is 1. The van der Waals surface area contributed by atoms with Gasteiger partial charge in [0.1, 0.15) is 5.56 Å². The van der Waals surface area contributed by atoms with Crippen molar-refractivity contribution in [1.29, 1.82) is 0 Å². The van der Waals surface area contributed by atoms with E-state index in [9.17, 15) is 31.1 Å². The fourth-order valence-corrected chi connectivity index (χ4v) is 1.48. The van der Waals surface area contributed by atoms with Gasteiger partial charge in [0.2, 0.25) is 5.88 Å². The van der Waals surface area contributed by atoms with Gasteiger partial charge in [-0.3, -0.25) is 0 Å². The molecule has 0 fully saturated rings. The van der Waals surface area contributed by atoms with Gasteiger partial charge in [0.05, 0.1) is 0 Å². The molecule has 0 bridgehead atoms. The van der Waals surface area contributed by atoms with Crippen molar-refractivity contribution in [2.75, 3.05) is 0 Å². The Morgan fingerprint density at radius 2 is 1.85 bits per heavy atom. The number of nitrogens with zero attached hydrogens (tertiary/aromatic N) is 1. The molecule has 0 saturated heterocycles. The molecule has 0 unspecified atom stereocenters. The van der Waals surface area contributed by atoms with E-state index in [4.69, 9.17) is 16.7 Å². The normalized spacial score (nSPS) is 12.3. The molecule has 4 nitrogen and oxygen atoms in total. The van der Waals surface area contributed by atoms with Crippen molar-refractivity contribution in [3.63, 3.8) is 0 Å². The molecule has 0 radical (unpaired) electrons. The first kappa shape index (κ1) is 16.3. The Labute approximate surface area is 111 Å². The summed E-state index contributed by atoms with van der Waals surface area (Å²) in [5.74, 6) is -4.59. The molecule has 0 atom stereocenters. The number of pyridine rings is 1. The van der Waals surface area contributed by atoms with Crippen molar-refractivity contribution in [2.45, 2.75) is 18.4 Å². The number of aromatic carboxylic acids is 1. The molecule has 1 N–H and O–H groups in total. The molecule has 0 amide bonds. The molecular formula is C9H4ClF6NO3. The van der Waals surface area contributed by atoms with Gasteiger partial charge in [0.15, 0.2) is 5.69 Å². The SMILES string of the molecule is O=C(O)c1cc(CCl)c(C(F)(F)F)c(OC(F)(F)F)n1. The zero-order valence-electron chi connectivity index (χ0n) is 9.14. The lowest BCUT2D eigenvalue weighted by Gasteiger charge is -2.17. The second-order valence-corrected chi connectivity index (χ2v) is 3.60. The summed E-state index contributed by atoms with van der Waals surface area (Å²) in [5.41, 5.74) is -3.80. The smallest absolute Gasteiger partial charge is 0.477 e. The van der Waals surface area contributed by atoms with Gasteiger partial charge in [-0.1, -0.05) is 0 Å². The Kier molecular flexibility index (Phi) is 4.37. The average Bonchev–Trinajstić information content (AvgIpc) is 2.23. The van der Waals surface area contributed by atoms with E-state index in [1.165, 1.54) is 0 Å². The minimum atomic E-state index is -5.46. The van der Waals surface area contributed by atoms with Crippen LogP contribution in [0.3, 0.4) is 0 Å². The highest BCUT2D eigenvalue weighted by molar-refractivity contribution is 6.17. The van der Waals surface area contributed by atoms with E-state index in [0.29, 0.717) is 6.07 Å². The lowest BCUT2D eigenvalue weighted by molar-refractivity contribution is -0.278. The lowest BCUT2D eigenvalue weighted by Crippen LogP contribution is -2.23. The molecule has 11 heteroatoms. The second kappa shape index (κ2) is 5.35. The number of carboxylic acid groups (broad SMARTS) is 1. The molecule has 0 aromatic carbocycles. The van der Waals surface area contributed by atoms with Crippen LogP contribution in [0.5, 0.6) is 5.88 Å². The first-order valence-electron chi connectivity index (χ1n) is 4.62. The third-order valence-electron chi connectivity index (χ3n) is 1.93. The first-order chi connectivity index (χ1) is 8.95. The van der Waals surface area contributed by atoms with E-state index in [1.54, 1.807) is 0 Å². The fourth-order valence-electron chi connectivity index (χ4n) is 1.27. The molecule has 20 heavy (non-hydrogen) atoms.